The van der Waals surface area contributed by atoms with Gasteiger partial charge < -0.3 is 0 Å². The average molecular weight is 185 g/mol. The zero-order chi connectivity index (χ0) is 10.1. The van der Waals surface area contributed by atoms with Gasteiger partial charge in [-0.3, -0.25) is 4.98 Å². The Kier molecular flexibility index (Phi) is 2.24. The molecule has 2 rings (SSSR count). The Morgan fingerprint density at radius 2 is 1.86 bits per heavy atom. The summed E-state index contributed by atoms with van der Waals surface area (Å²) in [5.41, 5.74) is 5.21. The fourth-order valence-electron chi connectivity index (χ4n) is 1.96. The molecule has 0 aliphatic carbocycles. The minimum absolute atomic E-state index is 1.06. The maximum atomic E-state index is 4.47. The average Bonchev–Trinajstić information content (AvgIpc) is 2.18. The van der Waals surface area contributed by atoms with Crippen molar-refractivity contribution in [2.24, 2.45) is 0 Å². The number of pyridine rings is 1. The highest BCUT2D eigenvalue weighted by Crippen LogP contribution is 2.22. The van der Waals surface area contributed by atoms with Crippen LogP contribution in [0.25, 0.3) is 10.9 Å². The van der Waals surface area contributed by atoms with E-state index in [9.17, 15) is 0 Å². The lowest BCUT2D eigenvalue weighted by atomic mass is 10.00. The van der Waals surface area contributed by atoms with E-state index in [1.165, 1.54) is 27.6 Å². The molecule has 2 aromatic rings. The second-order valence-corrected chi connectivity index (χ2v) is 3.74. The number of hydrogen-bond donors (Lipinski definition) is 0. The summed E-state index contributed by atoms with van der Waals surface area (Å²) in [7, 11) is 0. The van der Waals surface area contributed by atoms with Crippen molar-refractivity contribution in [1.82, 2.24) is 4.98 Å². The van der Waals surface area contributed by atoms with Crippen LogP contribution < -0.4 is 0 Å². The maximum absolute atomic E-state index is 4.47. The molecule has 0 aliphatic rings. The molecular formula is C13H15N. The van der Waals surface area contributed by atoms with Crippen molar-refractivity contribution >= 4 is 10.9 Å². The standard InChI is InChI=1S/C13H15N/c1-4-11-9(2)5-6-12-10(3)7-8-14-13(11)12/h5-8H,4H2,1-3H3. The second-order valence-electron chi connectivity index (χ2n) is 3.74. The van der Waals surface area contributed by atoms with E-state index in [1.807, 2.05) is 6.20 Å². The van der Waals surface area contributed by atoms with Crippen LogP contribution in [-0.2, 0) is 6.42 Å². The zero-order valence-electron chi connectivity index (χ0n) is 8.96. The van der Waals surface area contributed by atoms with Gasteiger partial charge in [0, 0.05) is 11.6 Å². The first kappa shape index (κ1) is 9.20. The summed E-state index contributed by atoms with van der Waals surface area (Å²) in [5, 5.41) is 1.29. The fourth-order valence-corrected chi connectivity index (χ4v) is 1.96. The monoisotopic (exact) mass is 185 g/mol. The highest BCUT2D eigenvalue weighted by Gasteiger charge is 2.04. The van der Waals surface area contributed by atoms with Crippen molar-refractivity contribution in [3.05, 3.63) is 41.1 Å². The molecule has 0 fully saturated rings. The Hall–Kier alpha value is -1.37. The van der Waals surface area contributed by atoms with E-state index in [1.54, 1.807) is 0 Å². The van der Waals surface area contributed by atoms with Gasteiger partial charge in [0.2, 0.25) is 0 Å². The summed E-state index contributed by atoms with van der Waals surface area (Å²) in [4.78, 5) is 4.47. The van der Waals surface area contributed by atoms with Gasteiger partial charge in [-0.15, -0.1) is 0 Å². The van der Waals surface area contributed by atoms with Crippen LogP contribution >= 0.6 is 0 Å². The maximum Gasteiger partial charge on any atom is 0.0739 e. The van der Waals surface area contributed by atoms with E-state index in [-0.39, 0.29) is 0 Å². The summed E-state index contributed by atoms with van der Waals surface area (Å²) in [6.07, 6.45) is 2.95. The summed E-state index contributed by atoms with van der Waals surface area (Å²) in [6.45, 7) is 6.48. The third-order valence-corrected chi connectivity index (χ3v) is 2.82. The van der Waals surface area contributed by atoms with E-state index >= 15 is 0 Å². The number of benzene rings is 1. The van der Waals surface area contributed by atoms with E-state index in [4.69, 9.17) is 0 Å². The molecule has 0 radical (unpaired) electrons. The van der Waals surface area contributed by atoms with Crippen molar-refractivity contribution in [2.75, 3.05) is 0 Å². The minimum Gasteiger partial charge on any atom is -0.256 e. The highest BCUT2D eigenvalue weighted by atomic mass is 14.7. The number of fused-ring (bicyclic) bond motifs is 1. The first-order valence-electron chi connectivity index (χ1n) is 5.08. The van der Waals surface area contributed by atoms with Crippen LogP contribution in [0.4, 0.5) is 0 Å². The van der Waals surface area contributed by atoms with Gasteiger partial charge in [0.25, 0.3) is 0 Å². The van der Waals surface area contributed by atoms with Crippen LogP contribution in [0, 0.1) is 13.8 Å². The molecule has 0 N–H and O–H groups in total. The van der Waals surface area contributed by atoms with E-state index < -0.39 is 0 Å². The molecule has 0 amide bonds. The Morgan fingerprint density at radius 1 is 1.07 bits per heavy atom. The molecule has 72 valence electrons. The smallest absolute Gasteiger partial charge is 0.0739 e. The summed E-state index contributed by atoms with van der Waals surface area (Å²) in [5.74, 6) is 0. The lowest BCUT2D eigenvalue weighted by Crippen LogP contribution is -1.92. The molecule has 14 heavy (non-hydrogen) atoms. The molecule has 0 saturated carbocycles. The lowest BCUT2D eigenvalue weighted by molar-refractivity contribution is 1.11. The molecule has 0 unspecified atom stereocenters. The predicted molar refractivity (Wildman–Crippen MR) is 60.6 cm³/mol. The van der Waals surface area contributed by atoms with Crippen molar-refractivity contribution in [3.8, 4) is 0 Å². The molecule has 0 atom stereocenters. The SMILES string of the molecule is CCc1c(C)ccc2c(C)ccnc12. The Balaban J connectivity index is 2.88. The number of nitrogens with zero attached hydrogens (tertiary/aromatic N) is 1. The Morgan fingerprint density at radius 3 is 2.57 bits per heavy atom. The molecule has 0 aliphatic heterocycles. The number of aromatic nitrogens is 1. The van der Waals surface area contributed by atoms with Gasteiger partial charge in [-0.1, -0.05) is 19.1 Å². The molecule has 1 heteroatoms. The minimum atomic E-state index is 1.06. The van der Waals surface area contributed by atoms with Crippen LogP contribution in [0.5, 0.6) is 0 Å². The summed E-state index contributed by atoms with van der Waals surface area (Å²) < 4.78 is 0. The third kappa shape index (κ3) is 1.29. The molecule has 1 aromatic heterocycles. The molecule has 0 bridgehead atoms. The summed E-state index contributed by atoms with van der Waals surface area (Å²) in [6, 6.07) is 6.43. The van der Waals surface area contributed by atoms with Gasteiger partial charge in [0.05, 0.1) is 5.52 Å². The van der Waals surface area contributed by atoms with Gasteiger partial charge >= 0.3 is 0 Å². The van der Waals surface area contributed by atoms with Crippen molar-refractivity contribution < 1.29 is 0 Å². The summed E-state index contributed by atoms with van der Waals surface area (Å²) >= 11 is 0. The number of aryl methyl sites for hydroxylation is 3. The molecule has 0 saturated heterocycles. The number of rotatable bonds is 1. The topological polar surface area (TPSA) is 12.9 Å². The lowest BCUT2D eigenvalue weighted by Gasteiger charge is -2.08. The first-order chi connectivity index (χ1) is 6.74. The molecule has 1 nitrogen and oxygen atoms in total. The van der Waals surface area contributed by atoms with Crippen LogP contribution in [-0.4, -0.2) is 4.98 Å². The van der Waals surface area contributed by atoms with Crippen LogP contribution in [0.3, 0.4) is 0 Å². The van der Waals surface area contributed by atoms with E-state index in [0.717, 1.165) is 6.42 Å². The second kappa shape index (κ2) is 3.41. The van der Waals surface area contributed by atoms with Crippen LogP contribution in [0.2, 0.25) is 0 Å². The highest BCUT2D eigenvalue weighted by molar-refractivity contribution is 5.85. The molecular weight excluding hydrogens is 170 g/mol. The van der Waals surface area contributed by atoms with Gasteiger partial charge in [-0.2, -0.15) is 0 Å². The normalized spacial score (nSPS) is 10.8. The quantitative estimate of drug-likeness (QED) is 0.663. The number of hydrogen-bond acceptors (Lipinski definition) is 1. The predicted octanol–water partition coefficient (Wildman–Crippen LogP) is 3.41. The van der Waals surface area contributed by atoms with E-state index in [0.29, 0.717) is 0 Å². The molecule has 1 aromatic carbocycles. The third-order valence-electron chi connectivity index (χ3n) is 2.82. The van der Waals surface area contributed by atoms with Gasteiger partial charge in [-0.25, -0.2) is 0 Å². The van der Waals surface area contributed by atoms with Crippen LogP contribution in [0.15, 0.2) is 24.4 Å². The van der Waals surface area contributed by atoms with Gasteiger partial charge in [-0.05, 0) is 43.0 Å². The van der Waals surface area contributed by atoms with Crippen LogP contribution in [0.1, 0.15) is 23.6 Å². The Bertz CT molecular complexity index is 472. The van der Waals surface area contributed by atoms with Crippen molar-refractivity contribution in [2.45, 2.75) is 27.2 Å². The zero-order valence-corrected chi connectivity index (χ0v) is 8.96. The van der Waals surface area contributed by atoms with Crippen molar-refractivity contribution in [1.29, 1.82) is 0 Å². The molecule has 1 heterocycles. The fraction of sp³-hybridized carbons (Fsp3) is 0.308. The van der Waals surface area contributed by atoms with E-state index in [2.05, 4.69) is 44.0 Å². The Labute approximate surface area is 84.8 Å². The first-order valence-corrected chi connectivity index (χ1v) is 5.08. The van der Waals surface area contributed by atoms with Gasteiger partial charge in [0.15, 0.2) is 0 Å². The van der Waals surface area contributed by atoms with Gasteiger partial charge in [0.1, 0.15) is 0 Å². The largest absolute Gasteiger partial charge is 0.256 e. The van der Waals surface area contributed by atoms with Crippen molar-refractivity contribution in [3.63, 3.8) is 0 Å². The molecule has 0 spiro atoms.